The number of rotatable bonds is 2. The van der Waals surface area contributed by atoms with E-state index in [9.17, 15) is 18.0 Å². The molecule has 0 aliphatic heterocycles. The standard InChI is InChI=1S/C11H6ClF3N2O2S/c12-8-7(11(13,14)15)16-9(20-8)17(10(18)19)6-4-2-1-3-5-6/h1-5H,(H,18,19). The lowest BCUT2D eigenvalue weighted by Gasteiger charge is -2.15. The van der Waals surface area contributed by atoms with Crippen molar-refractivity contribution < 1.29 is 23.1 Å². The van der Waals surface area contributed by atoms with Gasteiger partial charge >= 0.3 is 12.3 Å². The molecule has 0 unspecified atom stereocenters. The number of anilines is 2. The molecular weight excluding hydrogens is 317 g/mol. The van der Waals surface area contributed by atoms with Gasteiger partial charge in [-0.05, 0) is 12.1 Å². The van der Waals surface area contributed by atoms with Crippen LogP contribution < -0.4 is 4.90 Å². The number of amides is 1. The van der Waals surface area contributed by atoms with Crippen LogP contribution in [-0.2, 0) is 6.18 Å². The van der Waals surface area contributed by atoms with Gasteiger partial charge in [-0.1, -0.05) is 41.1 Å². The minimum absolute atomic E-state index is 0.180. The van der Waals surface area contributed by atoms with Crippen molar-refractivity contribution in [3.63, 3.8) is 0 Å². The van der Waals surface area contributed by atoms with Crippen molar-refractivity contribution in [3.05, 3.63) is 40.4 Å². The van der Waals surface area contributed by atoms with Gasteiger partial charge in [0.25, 0.3) is 0 Å². The average molecular weight is 323 g/mol. The monoisotopic (exact) mass is 322 g/mol. The smallest absolute Gasteiger partial charge is 0.435 e. The van der Waals surface area contributed by atoms with E-state index in [4.69, 9.17) is 16.7 Å². The molecule has 0 fully saturated rings. The summed E-state index contributed by atoms with van der Waals surface area (Å²) in [5, 5.41) is 8.79. The van der Waals surface area contributed by atoms with Crippen LogP contribution in [-0.4, -0.2) is 16.2 Å². The lowest BCUT2D eigenvalue weighted by molar-refractivity contribution is -0.140. The number of carbonyl (C=O) groups is 1. The highest BCUT2D eigenvalue weighted by atomic mass is 35.5. The van der Waals surface area contributed by atoms with E-state index in [1.165, 1.54) is 12.1 Å². The van der Waals surface area contributed by atoms with Gasteiger partial charge in [0, 0.05) is 0 Å². The van der Waals surface area contributed by atoms with Crippen LogP contribution in [0.25, 0.3) is 0 Å². The van der Waals surface area contributed by atoms with Gasteiger partial charge in [-0.2, -0.15) is 13.2 Å². The number of hydrogen-bond donors (Lipinski definition) is 1. The summed E-state index contributed by atoms with van der Waals surface area (Å²) in [5.74, 6) is 0. The minimum atomic E-state index is -4.73. The maximum atomic E-state index is 12.6. The summed E-state index contributed by atoms with van der Waals surface area (Å²) in [7, 11) is 0. The summed E-state index contributed by atoms with van der Waals surface area (Å²) < 4.78 is 37.3. The highest BCUT2D eigenvalue weighted by Crippen LogP contribution is 2.41. The summed E-state index contributed by atoms with van der Waals surface area (Å²) in [6.45, 7) is 0. The first-order valence-electron chi connectivity index (χ1n) is 5.12. The zero-order valence-corrected chi connectivity index (χ0v) is 11.1. The van der Waals surface area contributed by atoms with Crippen molar-refractivity contribution in [2.75, 3.05) is 4.90 Å². The van der Waals surface area contributed by atoms with Crippen molar-refractivity contribution in [2.24, 2.45) is 0 Å². The van der Waals surface area contributed by atoms with Crippen molar-refractivity contribution in [1.29, 1.82) is 0 Å². The second-order valence-corrected chi connectivity index (χ2v) is 5.15. The topological polar surface area (TPSA) is 53.4 Å². The van der Waals surface area contributed by atoms with E-state index in [0.29, 0.717) is 16.2 Å². The van der Waals surface area contributed by atoms with E-state index in [1.54, 1.807) is 18.2 Å². The van der Waals surface area contributed by atoms with Gasteiger partial charge in [-0.25, -0.2) is 14.7 Å². The zero-order chi connectivity index (χ0) is 14.9. The number of carboxylic acid groups (broad SMARTS) is 1. The second kappa shape index (κ2) is 5.29. The Morgan fingerprint density at radius 3 is 2.35 bits per heavy atom. The predicted molar refractivity (Wildman–Crippen MR) is 68.7 cm³/mol. The van der Waals surface area contributed by atoms with Crippen LogP contribution in [0.3, 0.4) is 0 Å². The largest absolute Gasteiger partial charge is 0.464 e. The van der Waals surface area contributed by atoms with E-state index in [0.717, 1.165) is 0 Å². The van der Waals surface area contributed by atoms with Gasteiger partial charge in [-0.3, -0.25) is 0 Å². The van der Waals surface area contributed by atoms with Crippen LogP contribution >= 0.6 is 22.9 Å². The predicted octanol–water partition coefficient (Wildman–Crippen LogP) is 4.63. The molecule has 1 amide bonds. The Morgan fingerprint density at radius 1 is 1.30 bits per heavy atom. The number of para-hydroxylation sites is 1. The molecule has 0 radical (unpaired) electrons. The summed E-state index contributed by atoms with van der Waals surface area (Å²) >= 11 is 5.93. The number of thiazole rings is 1. The SMILES string of the molecule is O=C(O)N(c1ccccc1)c1nc(C(F)(F)F)c(Cl)s1. The van der Waals surface area contributed by atoms with Gasteiger partial charge in [0.15, 0.2) is 5.69 Å². The molecule has 0 bridgehead atoms. The van der Waals surface area contributed by atoms with Crippen LogP contribution in [0.1, 0.15) is 5.69 Å². The lowest BCUT2D eigenvalue weighted by atomic mass is 10.3. The molecule has 2 rings (SSSR count). The molecule has 1 heterocycles. The number of aromatic nitrogens is 1. The molecule has 0 aliphatic carbocycles. The van der Waals surface area contributed by atoms with Gasteiger partial charge in [-0.15, -0.1) is 0 Å². The third kappa shape index (κ3) is 2.86. The number of alkyl halides is 3. The Bertz CT molecular complexity index is 630. The molecule has 20 heavy (non-hydrogen) atoms. The molecule has 0 atom stereocenters. The summed E-state index contributed by atoms with van der Waals surface area (Å²) in [5.41, 5.74) is -1.11. The van der Waals surface area contributed by atoms with E-state index >= 15 is 0 Å². The Balaban J connectivity index is 2.50. The molecule has 1 N–H and O–H groups in total. The second-order valence-electron chi connectivity index (χ2n) is 3.57. The molecule has 4 nitrogen and oxygen atoms in total. The summed E-state index contributed by atoms with van der Waals surface area (Å²) in [6, 6.07) is 7.66. The molecule has 0 saturated carbocycles. The fourth-order valence-corrected chi connectivity index (χ4v) is 2.63. The number of hydrogen-bond acceptors (Lipinski definition) is 3. The highest BCUT2D eigenvalue weighted by molar-refractivity contribution is 7.19. The van der Waals surface area contributed by atoms with Crippen LogP contribution in [0.5, 0.6) is 0 Å². The molecule has 106 valence electrons. The number of halogens is 4. The highest BCUT2D eigenvalue weighted by Gasteiger charge is 2.38. The third-order valence-corrected chi connectivity index (χ3v) is 3.48. The lowest BCUT2D eigenvalue weighted by Crippen LogP contribution is -2.23. The zero-order valence-electron chi connectivity index (χ0n) is 9.56. The third-order valence-electron chi connectivity index (χ3n) is 2.24. The van der Waals surface area contributed by atoms with Crippen LogP contribution in [0, 0.1) is 0 Å². The Kier molecular flexibility index (Phi) is 3.87. The van der Waals surface area contributed by atoms with Crippen molar-refractivity contribution >= 4 is 39.8 Å². The van der Waals surface area contributed by atoms with Gasteiger partial charge < -0.3 is 5.11 Å². The van der Waals surface area contributed by atoms with Gasteiger partial charge in [0.2, 0.25) is 5.13 Å². The van der Waals surface area contributed by atoms with Crippen molar-refractivity contribution in [2.45, 2.75) is 6.18 Å². The summed E-state index contributed by atoms with van der Waals surface area (Å²) in [4.78, 5) is 15.2. The Labute approximate surface area is 120 Å². The molecule has 0 saturated heterocycles. The van der Waals surface area contributed by atoms with Crippen LogP contribution in [0.2, 0.25) is 4.34 Å². The maximum Gasteiger partial charge on any atom is 0.435 e. The summed E-state index contributed by atoms with van der Waals surface area (Å²) in [6.07, 6.45) is -6.18. The van der Waals surface area contributed by atoms with Crippen LogP contribution in [0.15, 0.2) is 30.3 Å². The molecule has 2 aromatic rings. The van der Waals surface area contributed by atoms with Crippen molar-refractivity contribution in [1.82, 2.24) is 4.98 Å². The van der Waals surface area contributed by atoms with Gasteiger partial charge in [0.05, 0.1) is 5.69 Å². The first-order valence-corrected chi connectivity index (χ1v) is 6.32. The van der Waals surface area contributed by atoms with E-state index in [1.807, 2.05) is 0 Å². The fourth-order valence-electron chi connectivity index (χ4n) is 1.44. The van der Waals surface area contributed by atoms with E-state index in [2.05, 4.69) is 4.98 Å². The molecule has 1 aromatic heterocycles. The first-order chi connectivity index (χ1) is 9.30. The molecule has 0 spiro atoms. The minimum Gasteiger partial charge on any atom is -0.464 e. The quantitative estimate of drug-likeness (QED) is 0.877. The number of nitrogens with zero attached hydrogens (tertiary/aromatic N) is 2. The Hall–Kier alpha value is -1.80. The van der Waals surface area contributed by atoms with Crippen molar-refractivity contribution in [3.8, 4) is 0 Å². The molecule has 9 heteroatoms. The fraction of sp³-hybridized carbons (Fsp3) is 0.0909. The molecule has 0 aliphatic rings. The van der Waals surface area contributed by atoms with E-state index in [-0.39, 0.29) is 10.8 Å². The van der Waals surface area contributed by atoms with E-state index < -0.39 is 22.3 Å². The maximum absolute atomic E-state index is 12.6. The van der Waals surface area contributed by atoms with Crippen LogP contribution in [0.4, 0.5) is 28.8 Å². The molecular formula is C11H6ClF3N2O2S. The first kappa shape index (κ1) is 14.6. The van der Waals surface area contributed by atoms with Gasteiger partial charge in [0.1, 0.15) is 4.34 Å². The average Bonchev–Trinajstić information content (AvgIpc) is 2.72. The normalized spacial score (nSPS) is 11.4. The molecule has 1 aromatic carbocycles. The Morgan fingerprint density at radius 2 is 1.90 bits per heavy atom. The number of benzene rings is 1.